The first kappa shape index (κ1) is 13.1. The van der Waals surface area contributed by atoms with Gasteiger partial charge in [-0.25, -0.2) is 4.79 Å². The Morgan fingerprint density at radius 3 is 2.75 bits per heavy atom. The van der Waals surface area contributed by atoms with Crippen molar-refractivity contribution in [3.8, 4) is 0 Å². The van der Waals surface area contributed by atoms with Gasteiger partial charge in [-0.3, -0.25) is 4.98 Å². The second-order valence-electron chi connectivity index (χ2n) is 5.51. The third-order valence-corrected chi connectivity index (χ3v) is 4.10. The summed E-state index contributed by atoms with van der Waals surface area (Å²) in [5.74, 6) is -0.560. The lowest BCUT2D eigenvalue weighted by atomic mass is 9.96. The van der Waals surface area contributed by atoms with E-state index in [4.69, 9.17) is 4.98 Å². The third kappa shape index (κ3) is 2.06. The number of carbonyl (C=O) groups is 1. The van der Waals surface area contributed by atoms with E-state index in [-0.39, 0.29) is 0 Å². The Balaban J connectivity index is 2.30. The standard InChI is InChI=1S/C16H18N2O2/c1-9-3-4-10(2)15-14(9)12(16(19)20)7-13(18-15)11-5-6-17-8-11/h3-4,7,11,17H,5-6,8H2,1-2H3,(H,19,20). The molecule has 0 radical (unpaired) electrons. The molecule has 4 nitrogen and oxygen atoms in total. The van der Waals surface area contributed by atoms with Gasteiger partial charge in [0.2, 0.25) is 0 Å². The highest BCUT2D eigenvalue weighted by Crippen LogP contribution is 2.29. The summed E-state index contributed by atoms with van der Waals surface area (Å²) in [6.45, 7) is 5.77. The Labute approximate surface area is 117 Å². The molecule has 3 rings (SSSR count). The second kappa shape index (κ2) is 4.87. The summed E-state index contributed by atoms with van der Waals surface area (Å²) >= 11 is 0. The second-order valence-corrected chi connectivity index (χ2v) is 5.51. The van der Waals surface area contributed by atoms with Gasteiger partial charge < -0.3 is 10.4 Å². The van der Waals surface area contributed by atoms with E-state index in [9.17, 15) is 9.90 Å². The van der Waals surface area contributed by atoms with Crippen molar-refractivity contribution in [2.75, 3.05) is 13.1 Å². The van der Waals surface area contributed by atoms with Crippen molar-refractivity contribution in [1.29, 1.82) is 0 Å². The first-order valence-corrected chi connectivity index (χ1v) is 6.93. The van der Waals surface area contributed by atoms with Crippen LogP contribution >= 0.6 is 0 Å². The molecule has 1 aromatic carbocycles. The van der Waals surface area contributed by atoms with Crippen LogP contribution in [0.2, 0.25) is 0 Å². The van der Waals surface area contributed by atoms with Crippen LogP contribution in [0.3, 0.4) is 0 Å². The number of aromatic nitrogens is 1. The quantitative estimate of drug-likeness (QED) is 0.880. The number of fused-ring (bicyclic) bond motifs is 1. The molecule has 0 bridgehead atoms. The van der Waals surface area contributed by atoms with Crippen LogP contribution in [-0.4, -0.2) is 29.1 Å². The van der Waals surface area contributed by atoms with Crippen molar-refractivity contribution in [2.24, 2.45) is 0 Å². The normalized spacial score (nSPS) is 18.6. The van der Waals surface area contributed by atoms with Gasteiger partial charge in [-0.1, -0.05) is 12.1 Å². The Bertz CT molecular complexity index is 688. The summed E-state index contributed by atoms with van der Waals surface area (Å²) in [5.41, 5.74) is 4.09. The van der Waals surface area contributed by atoms with E-state index in [2.05, 4.69) is 5.32 Å². The lowest BCUT2D eigenvalue weighted by Gasteiger charge is -2.14. The zero-order valence-corrected chi connectivity index (χ0v) is 11.7. The van der Waals surface area contributed by atoms with Crippen LogP contribution in [-0.2, 0) is 0 Å². The molecule has 1 aromatic heterocycles. The molecule has 1 aliphatic rings. The number of carboxylic acid groups (broad SMARTS) is 1. The van der Waals surface area contributed by atoms with E-state index in [0.29, 0.717) is 11.5 Å². The maximum atomic E-state index is 11.6. The summed E-state index contributed by atoms with van der Waals surface area (Å²) in [7, 11) is 0. The number of nitrogens with one attached hydrogen (secondary N) is 1. The van der Waals surface area contributed by atoms with E-state index >= 15 is 0 Å². The summed E-state index contributed by atoms with van der Waals surface area (Å²) in [5, 5.41) is 13.6. The maximum absolute atomic E-state index is 11.6. The van der Waals surface area contributed by atoms with Crippen LogP contribution in [0.5, 0.6) is 0 Å². The smallest absolute Gasteiger partial charge is 0.336 e. The lowest BCUT2D eigenvalue weighted by Crippen LogP contribution is -2.11. The zero-order valence-electron chi connectivity index (χ0n) is 11.7. The van der Waals surface area contributed by atoms with Gasteiger partial charge >= 0.3 is 5.97 Å². The van der Waals surface area contributed by atoms with E-state index < -0.39 is 5.97 Å². The molecular formula is C16H18N2O2. The fourth-order valence-electron chi connectivity index (χ4n) is 2.95. The Kier molecular flexibility index (Phi) is 3.18. The minimum atomic E-state index is -0.877. The highest BCUT2D eigenvalue weighted by Gasteiger charge is 2.22. The molecule has 0 aliphatic carbocycles. The molecule has 2 heterocycles. The molecule has 1 unspecified atom stereocenters. The van der Waals surface area contributed by atoms with Gasteiger partial charge in [-0.05, 0) is 44.0 Å². The number of benzene rings is 1. The van der Waals surface area contributed by atoms with Crippen molar-refractivity contribution in [2.45, 2.75) is 26.2 Å². The Morgan fingerprint density at radius 2 is 2.10 bits per heavy atom. The van der Waals surface area contributed by atoms with Gasteiger partial charge in [0.1, 0.15) is 0 Å². The van der Waals surface area contributed by atoms with Gasteiger partial charge in [-0.2, -0.15) is 0 Å². The van der Waals surface area contributed by atoms with Crippen molar-refractivity contribution < 1.29 is 9.90 Å². The van der Waals surface area contributed by atoms with Crippen LogP contribution in [0.1, 0.15) is 39.5 Å². The molecule has 1 atom stereocenters. The van der Waals surface area contributed by atoms with Crippen molar-refractivity contribution >= 4 is 16.9 Å². The highest BCUT2D eigenvalue weighted by atomic mass is 16.4. The molecule has 1 saturated heterocycles. The van der Waals surface area contributed by atoms with Crippen molar-refractivity contribution in [3.05, 3.63) is 40.6 Å². The summed E-state index contributed by atoms with van der Waals surface area (Å²) in [6, 6.07) is 5.73. The van der Waals surface area contributed by atoms with Crippen LogP contribution in [0.4, 0.5) is 0 Å². The number of hydrogen-bond acceptors (Lipinski definition) is 3. The zero-order chi connectivity index (χ0) is 14.3. The Hall–Kier alpha value is -1.94. The monoisotopic (exact) mass is 270 g/mol. The number of rotatable bonds is 2. The van der Waals surface area contributed by atoms with Crippen molar-refractivity contribution in [3.63, 3.8) is 0 Å². The summed E-state index contributed by atoms with van der Waals surface area (Å²) in [6.07, 6.45) is 1.02. The molecule has 0 saturated carbocycles. The van der Waals surface area contributed by atoms with Gasteiger partial charge in [0.15, 0.2) is 0 Å². The fraction of sp³-hybridized carbons (Fsp3) is 0.375. The summed E-state index contributed by atoms with van der Waals surface area (Å²) in [4.78, 5) is 16.4. The Morgan fingerprint density at radius 1 is 1.35 bits per heavy atom. The van der Waals surface area contributed by atoms with E-state index in [1.54, 1.807) is 6.07 Å². The maximum Gasteiger partial charge on any atom is 0.336 e. The SMILES string of the molecule is Cc1ccc(C)c2c(C(=O)O)cc(C3CCNC3)nc12. The predicted octanol–water partition coefficient (Wildman–Crippen LogP) is 2.63. The topological polar surface area (TPSA) is 62.2 Å². The molecule has 2 aromatic rings. The number of aryl methyl sites for hydroxylation is 2. The molecule has 104 valence electrons. The fourth-order valence-corrected chi connectivity index (χ4v) is 2.95. The third-order valence-electron chi connectivity index (χ3n) is 4.10. The van der Waals surface area contributed by atoms with Gasteiger partial charge in [0.25, 0.3) is 0 Å². The average Bonchev–Trinajstić information content (AvgIpc) is 2.96. The molecule has 20 heavy (non-hydrogen) atoms. The number of hydrogen-bond donors (Lipinski definition) is 2. The lowest BCUT2D eigenvalue weighted by molar-refractivity contribution is 0.0698. The predicted molar refractivity (Wildman–Crippen MR) is 78.4 cm³/mol. The average molecular weight is 270 g/mol. The first-order chi connectivity index (χ1) is 9.58. The van der Waals surface area contributed by atoms with Crippen LogP contribution in [0.25, 0.3) is 10.9 Å². The molecule has 4 heteroatoms. The van der Waals surface area contributed by atoms with Gasteiger partial charge in [0, 0.05) is 23.5 Å². The summed E-state index contributed by atoms with van der Waals surface area (Å²) < 4.78 is 0. The van der Waals surface area contributed by atoms with Gasteiger partial charge in [0.05, 0.1) is 11.1 Å². The van der Waals surface area contributed by atoms with E-state index in [0.717, 1.165) is 47.2 Å². The number of nitrogens with zero attached hydrogens (tertiary/aromatic N) is 1. The molecule has 1 fully saturated rings. The van der Waals surface area contributed by atoms with Crippen LogP contribution < -0.4 is 5.32 Å². The minimum absolute atomic E-state index is 0.317. The van der Waals surface area contributed by atoms with Crippen LogP contribution in [0, 0.1) is 13.8 Å². The largest absolute Gasteiger partial charge is 0.478 e. The minimum Gasteiger partial charge on any atom is -0.478 e. The molecule has 1 aliphatic heterocycles. The first-order valence-electron chi connectivity index (χ1n) is 6.93. The number of aromatic carboxylic acids is 1. The van der Waals surface area contributed by atoms with Gasteiger partial charge in [-0.15, -0.1) is 0 Å². The van der Waals surface area contributed by atoms with Crippen molar-refractivity contribution in [1.82, 2.24) is 10.3 Å². The number of pyridine rings is 1. The molecule has 2 N–H and O–H groups in total. The number of carboxylic acids is 1. The van der Waals surface area contributed by atoms with E-state index in [1.807, 2.05) is 26.0 Å². The molecular weight excluding hydrogens is 252 g/mol. The van der Waals surface area contributed by atoms with E-state index in [1.165, 1.54) is 0 Å². The highest BCUT2D eigenvalue weighted by molar-refractivity contribution is 6.04. The van der Waals surface area contributed by atoms with Crippen LogP contribution in [0.15, 0.2) is 18.2 Å². The molecule has 0 amide bonds. The molecule has 0 spiro atoms.